The van der Waals surface area contributed by atoms with Gasteiger partial charge in [-0.05, 0) is 58.0 Å². The highest BCUT2D eigenvalue weighted by Gasteiger charge is 2.25. The predicted molar refractivity (Wildman–Crippen MR) is 73.2 cm³/mol. The fraction of sp³-hybridized carbons (Fsp3) is 0.929. The van der Waals surface area contributed by atoms with E-state index in [1.54, 1.807) is 0 Å². The Labute approximate surface area is 110 Å². The van der Waals surface area contributed by atoms with E-state index < -0.39 is 0 Å². The number of carbonyl (C=O) groups excluding carboxylic acids is 1. The first kappa shape index (κ1) is 13.8. The van der Waals surface area contributed by atoms with E-state index in [1.165, 1.54) is 19.5 Å². The molecule has 1 aliphatic heterocycles. The molecule has 1 aliphatic carbocycles. The van der Waals surface area contributed by atoms with Crippen LogP contribution in [-0.4, -0.2) is 43.5 Å². The Morgan fingerprint density at radius 2 is 2.00 bits per heavy atom. The third-order valence-electron chi connectivity index (χ3n) is 4.48. The van der Waals surface area contributed by atoms with Crippen LogP contribution in [0.2, 0.25) is 0 Å². The molecular weight excluding hydrogens is 226 g/mol. The zero-order valence-electron chi connectivity index (χ0n) is 11.5. The van der Waals surface area contributed by atoms with Gasteiger partial charge in [-0.1, -0.05) is 0 Å². The van der Waals surface area contributed by atoms with Crippen LogP contribution in [0.5, 0.6) is 0 Å². The second kappa shape index (κ2) is 6.53. The van der Waals surface area contributed by atoms with E-state index in [9.17, 15) is 4.79 Å². The van der Waals surface area contributed by atoms with Gasteiger partial charge in [0.2, 0.25) is 5.91 Å². The zero-order chi connectivity index (χ0) is 13.0. The Morgan fingerprint density at radius 1 is 1.28 bits per heavy atom. The molecule has 0 spiro atoms. The largest absolute Gasteiger partial charge is 0.356 e. The molecule has 1 saturated heterocycles. The Hall–Kier alpha value is -0.610. The highest BCUT2D eigenvalue weighted by atomic mass is 16.1. The molecule has 18 heavy (non-hydrogen) atoms. The molecule has 1 amide bonds. The topological polar surface area (TPSA) is 58.4 Å². The molecule has 1 atom stereocenters. The Kier molecular flexibility index (Phi) is 5.01. The van der Waals surface area contributed by atoms with Crippen molar-refractivity contribution in [3.8, 4) is 0 Å². The molecular formula is C14H27N3O. The molecule has 0 aromatic carbocycles. The molecule has 4 heteroatoms. The Balaban J connectivity index is 1.60. The van der Waals surface area contributed by atoms with Gasteiger partial charge in [-0.15, -0.1) is 0 Å². The Morgan fingerprint density at radius 3 is 2.61 bits per heavy atom. The molecule has 2 fully saturated rings. The number of nitrogens with zero attached hydrogens (tertiary/aromatic N) is 1. The Bertz CT molecular complexity index is 274. The number of rotatable bonds is 4. The summed E-state index contributed by atoms with van der Waals surface area (Å²) in [7, 11) is 2.17. The van der Waals surface area contributed by atoms with Crippen molar-refractivity contribution in [2.24, 2.45) is 17.6 Å². The van der Waals surface area contributed by atoms with Crippen LogP contribution in [-0.2, 0) is 4.79 Å². The average molecular weight is 253 g/mol. The SMILES string of the molecule is CN1CCC(CCNC(=O)C2CCC(N)CC2)C1. The summed E-state index contributed by atoms with van der Waals surface area (Å²) in [5.41, 5.74) is 5.86. The normalized spacial score (nSPS) is 33.6. The van der Waals surface area contributed by atoms with E-state index in [2.05, 4.69) is 17.3 Å². The van der Waals surface area contributed by atoms with Gasteiger partial charge in [0, 0.05) is 25.0 Å². The average Bonchev–Trinajstić information content (AvgIpc) is 2.76. The second-order valence-corrected chi connectivity index (χ2v) is 6.11. The number of amides is 1. The third kappa shape index (κ3) is 3.95. The monoisotopic (exact) mass is 253 g/mol. The van der Waals surface area contributed by atoms with Crippen molar-refractivity contribution in [2.75, 3.05) is 26.7 Å². The summed E-state index contributed by atoms with van der Waals surface area (Å²) in [6.45, 7) is 3.24. The van der Waals surface area contributed by atoms with E-state index in [4.69, 9.17) is 5.73 Å². The van der Waals surface area contributed by atoms with Gasteiger partial charge in [0.05, 0.1) is 0 Å². The van der Waals surface area contributed by atoms with Crippen molar-refractivity contribution in [1.29, 1.82) is 0 Å². The number of hydrogen-bond acceptors (Lipinski definition) is 3. The van der Waals surface area contributed by atoms with Crippen molar-refractivity contribution in [3.05, 3.63) is 0 Å². The maximum absolute atomic E-state index is 12.0. The summed E-state index contributed by atoms with van der Waals surface area (Å²) in [6.07, 6.45) is 6.36. The lowest BCUT2D eigenvalue weighted by atomic mass is 9.86. The highest BCUT2D eigenvalue weighted by molar-refractivity contribution is 5.78. The molecule has 0 aromatic rings. The lowest BCUT2D eigenvalue weighted by Crippen LogP contribution is -2.37. The van der Waals surface area contributed by atoms with E-state index in [1.807, 2.05) is 0 Å². The molecule has 3 N–H and O–H groups in total. The van der Waals surface area contributed by atoms with Gasteiger partial charge in [-0.2, -0.15) is 0 Å². The standard InChI is InChI=1S/C14H27N3O/c1-17-9-7-11(10-17)6-8-16-14(18)12-2-4-13(15)5-3-12/h11-13H,2-10,15H2,1H3,(H,16,18). The fourth-order valence-corrected chi connectivity index (χ4v) is 3.19. The quantitative estimate of drug-likeness (QED) is 0.784. The lowest BCUT2D eigenvalue weighted by molar-refractivity contribution is -0.126. The van der Waals surface area contributed by atoms with Crippen LogP contribution in [0.25, 0.3) is 0 Å². The summed E-state index contributed by atoms with van der Waals surface area (Å²) in [5.74, 6) is 1.25. The second-order valence-electron chi connectivity index (χ2n) is 6.11. The molecule has 0 bridgehead atoms. The van der Waals surface area contributed by atoms with Gasteiger partial charge in [-0.25, -0.2) is 0 Å². The number of nitrogens with one attached hydrogen (secondary N) is 1. The van der Waals surface area contributed by atoms with E-state index in [0.717, 1.165) is 44.6 Å². The molecule has 1 heterocycles. The number of hydrogen-bond donors (Lipinski definition) is 2. The molecule has 1 unspecified atom stereocenters. The zero-order valence-corrected chi connectivity index (χ0v) is 11.5. The lowest BCUT2D eigenvalue weighted by Gasteiger charge is -2.25. The summed E-state index contributed by atoms with van der Waals surface area (Å²) < 4.78 is 0. The predicted octanol–water partition coefficient (Wildman–Crippen LogP) is 0.962. The first-order valence-corrected chi connectivity index (χ1v) is 7.37. The molecule has 2 rings (SSSR count). The minimum Gasteiger partial charge on any atom is -0.356 e. The van der Waals surface area contributed by atoms with Crippen LogP contribution in [0.4, 0.5) is 0 Å². The minimum atomic E-state index is 0.219. The van der Waals surface area contributed by atoms with Crippen molar-refractivity contribution in [3.63, 3.8) is 0 Å². The van der Waals surface area contributed by atoms with Crippen LogP contribution >= 0.6 is 0 Å². The van der Waals surface area contributed by atoms with Crippen LogP contribution in [0.3, 0.4) is 0 Å². The van der Waals surface area contributed by atoms with Gasteiger partial charge >= 0.3 is 0 Å². The molecule has 0 radical (unpaired) electrons. The van der Waals surface area contributed by atoms with Crippen LogP contribution in [0, 0.1) is 11.8 Å². The number of carbonyl (C=O) groups is 1. The minimum absolute atomic E-state index is 0.219. The van der Waals surface area contributed by atoms with Crippen molar-refractivity contribution in [2.45, 2.75) is 44.6 Å². The van der Waals surface area contributed by atoms with Crippen LogP contribution in [0.15, 0.2) is 0 Å². The maximum Gasteiger partial charge on any atom is 0.223 e. The first-order chi connectivity index (χ1) is 8.65. The summed E-state index contributed by atoms with van der Waals surface area (Å²) >= 11 is 0. The fourth-order valence-electron chi connectivity index (χ4n) is 3.19. The van der Waals surface area contributed by atoms with E-state index in [0.29, 0.717) is 6.04 Å². The molecule has 1 saturated carbocycles. The first-order valence-electron chi connectivity index (χ1n) is 7.37. The summed E-state index contributed by atoms with van der Waals surface area (Å²) in [4.78, 5) is 14.4. The molecule has 4 nitrogen and oxygen atoms in total. The third-order valence-corrected chi connectivity index (χ3v) is 4.48. The number of likely N-dealkylation sites (tertiary alicyclic amines) is 1. The van der Waals surface area contributed by atoms with Crippen molar-refractivity contribution < 1.29 is 4.79 Å². The van der Waals surface area contributed by atoms with Gasteiger partial charge in [0.1, 0.15) is 0 Å². The smallest absolute Gasteiger partial charge is 0.223 e. The number of nitrogens with two attached hydrogens (primary N) is 1. The van der Waals surface area contributed by atoms with Gasteiger partial charge in [-0.3, -0.25) is 4.79 Å². The van der Waals surface area contributed by atoms with E-state index >= 15 is 0 Å². The van der Waals surface area contributed by atoms with Gasteiger partial charge < -0.3 is 16.0 Å². The van der Waals surface area contributed by atoms with Crippen LogP contribution in [0.1, 0.15) is 38.5 Å². The summed E-state index contributed by atoms with van der Waals surface area (Å²) in [5, 5.41) is 3.11. The van der Waals surface area contributed by atoms with Gasteiger partial charge in [0.15, 0.2) is 0 Å². The van der Waals surface area contributed by atoms with Crippen molar-refractivity contribution in [1.82, 2.24) is 10.2 Å². The van der Waals surface area contributed by atoms with Gasteiger partial charge in [0.25, 0.3) is 0 Å². The molecule has 2 aliphatic rings. The van der Waals surface area contributed by atoms with Crippen molar-refractivity contribution >= 4 is 5.91 Å². The van der Waals surface area contributed by atoms with Crippen LogP contribution < -0.4 is 11.1 Å². The molecule has 0 aromatic heterocycles. The van der Waals surface area contributed by atoms with E-state index in [-0.39, 0.29) is 11.8 Å². The highest BCUT2D eigenvalue weighted by Crippen LogP contribution is 2.23. The maximum atomic E-state index is 12.0. The summed E-state index contributed by atoms with van der Waals surface area (Å²) in [6, 6.07) is 0.322. The molecule has 104 valence electrons.